The molecule has 0 aliphatic carbocycles. The maximum atomic E-state index is 11.9. The molecule has 0 spiro atoms. The highest BCUT2D eigenvalue weighted by Crippen LogP contribution is 2.29. The summed E-state index contributed by atoms with van der Waals surface area (Å²) in [5.41, 5.74) is 0.668. The number of rotatable bonds is 5. The molecule has 2 rings (SSSR count). The number of carbonyl (C=O) groups excluding carboxylic acids is 3. The summed E-state index contributed by atoms with van der Waals surface area (Å²) in [6.45, 7) is 1.99. The highest BCUT2D eigenvalue weighted by Gasteiger charge is 2.31. The molecule has 1 heterocycles. The molecule has 2 amide bonds. The highest BCUT2D eigenvalue weighted by atomic mass is 32.2. The molecular weight excluding hydrogens is 304 g/mol. The first-order valence-electron chi connectivity index (χ1n) is 6.79. The van der Waals surface area contributed by atoms with Gasteiger partial charge in [-0.3, -0.25) is 14.4 Å². The molecule has 7 heteroatoms. The van der Waals surface area contributed by atoms with Crippen LogP contribution in [0.2, 0.25) is 0 Å². The van der Waals surface area contributed by atoms with Crippen molar-refractivity contribution in [2.24, 2.45) is 0 Å². The van der Waals surface area contributed by atoms with Gasteiger partial charge < -0.3 is 15.4 Å². The third-order valence-electron chi connectivity index (χ3n) is 2.77. The van der Waals surface area contributed by atoms with E-state index in [1.807, 2.05) is 18.2 Å². The van der Waals surface area contributed by atoms with E-state index in [4.69, 9.17) is 4.74 Å². The van der Waals surface area contributed by atoms with Crippen molar-refractivity contribution in [2.75, 3.05) is 11.9 Å². The van der Waals surface area contributed by atoms with Crippen LogP contribution in [0.4, 0.5) is 5.69 Å². The topological polar surface area (TPSA) is 84.5 Å². The number of carbonyl (C=O) groups is 3. The number of nitrogens with one attached hydrogen (secondary N) is 2. The fraction of sp³-hybridized carbons (Fsp3) is 0.267. The van der Waals surface area contributed by atoms with E-state index in [1.165, 1.54) is 6.08 Å². The van der Waals surface area contributed by atoms with Crippen molar-refractivity contribution in [1.29, 1.82) is 0 Å². The van der Waals surface area contributed by atoms with Crippen molar-refractivity contribution in [3.05, 3.63) is 41.4 Å². The second-order valence-corrected chi connectivity index (χ2v) is 5.71. The molecule has 1 unspecified atom stereocenters. The molecule has 0 aromatic heterocycles. The number of amides is 2. The Morgan fingerprint density at radius 2 is 2.09 bits per heavy atom. The van der Waals surface area contributed by atoms with Crippen molar-refractivity contribution < 1.29 is 19.1 Å². The minimum absolute atomic E-state index is 0.0119. The van der Waals surface area contributed by atoms with E-state index < -0.39 is 11.2 Å². The van der Waals surface area contributed by atoms with Crippen LogP contribution in [-0.2, 0) is 19.1 Å². The first kappa shape index (κ1) is 16.1. The van der Waals surface area contributed by atoms with Crippen LogP contribution < -0.4 is 10.6 Å². The van der Waals surface area contributed by atoms with Gasteiger partial charge in [0.15, 0.2) is 0 Å². The summed E-state index contributed by atoms with van der Waals surface area (Å²) in [6.07, 6.45) is 1.29. The molecule has 0 saturated carbocycles. The summed E-state index contributed by atoms with van der Waals surface area (Å²) in [7, 11) is 0. The van der Waals surface area contributed by atoms with E-state index in [9.17, 15) is 14.4 Å². The average molecular weight is 320 g/mol. The molecule has 1 aromatic rings. The van der Waals surface area contributed by atoms with Crippen molar-refractivity contribution in [3.63, 3.8) is 0 Å². The molecule has 1 atom stereocenters. The summed E-state index contributed by atoms with van der Waals surface area (Å²) in [5, 5.41) is 5.14. The third-order valence-corrected chi connectivity index (χ3v) is 3.91. The molecule has 22 heavy (non-hydrogen) atoms. The Balaban J connectivity index is 1.92. The largest absolute Gasteiger partial charge is 0.466 e. The van der Waals surface area contributed by atoms with Crippen molar-refractivity contribution in [1.82, 2.24) is 5.32 Å². The quantitative estimate of drug-likeness (QED) is 0.636. The van der Waals surface area contributed by atoms with Gasteiger partial charge >= 0.3 is 5.97 Å². The maximum absolute atomic E-state index is 11.9. The Kier molecular flexibility index (Phi) is 5.60. The summed E-state index contributed by atoms with van der Waals surface area (Å²) < 4.78 is 4.82. The minimum atomic E-state index is -0.560. The van der Waals surface area contributed by atoms with Crippen molar-refractivity contribution >= 4 is 35.2 Å². The first-order chi connectivity index (χ1) is 10.6. The zero-order valence-electron chi connectivity index (χ0n) is 12.0. The number of hydrogen-bond donors (Lipinski definition) is 2. The molecule has 2 N–H and O–H groups in total. The number of ether oxygens (including phenoxy) is 1. The van der Waals surface area contributed by atoms with Gasteiger partial charge in [0, 0.05) is 11.8 Å². The Hall–Kier alpha value is -2.28. The fourth-order valence-corrected chi connectivity index (χ4v) is 2.86. The van der Waals surface area contributed by atoms with Gasteiger partial charge in [-0.05, 0) is 19.1 Å². The molecule has 1 aliphatic rings. The predicted octanol–water partition coefficient (Wildman–Crippen LogP) is 1.65. The van der Waals surface area contributed by atoms with Gasteiger partial charge in [0.1, 0.15) is 5.25 Å². The van der Waals surface area contributed by atoms with Gasteiger partial charge in [-0.2, -0.15) is 0 Å². The maximum Gasteiger partial charge on any atom is 0.307 e. The second-order valence-electron chi connectivity index (χ2n) is 4.47. The minimum Gasteiger partial charge on any atom is -0.466 e. The van der Waals surface area contributed by atoms with Gasteiger partial charge in [-0.25, -0.2) is 0 Å². The fourth-order valence-electron chi connectivity index (χ4n) is 1.83. The zero-order valence-corrected chi connectivity index (χ0v) is 12.8. The molecule has 6 nitrogen and oxygen atoms in total. The number of hydrogen-bond acceptors (Lipinski definition) is 5. The standard InChI is InChI=1S/C15H16N2O4S/c1-2-21-14(19)8-11-15(20)17-13(22-11)9-12(18)16-10-6-4-3-5-7-10/h3-7,9,11H,2,8H2,1H3,(H,16,18)(H,17,20)/b13-9+. The smallest absolute Gasteiger partial charge is 0.307 e. The molecule has 116 valence electrons. The van der Waals surface area contributed by atoms with Gasteiger partial charge in [-0.15, -0.1) is 0 Å². The van der Waals surface area contributed by atoms with E-state index in [0.29, 0.717) is 10.7 Å². The SMILES string of the molecule is CCOC(=O)CC1S/C(=C/C(=O)Nc2ccccc2)NC1=O. The van der Waals surface area contributed by atoms with Gasteiger partial charge in [0.25, 0.3) is 5.91 Å². The Labute approximate surface area is 132 Å². The molecule has 1 saturated heterocycles. The van der Waals surface area contributed by atoms with Crippen LogP contribution >= 0.6 is 11.8 Å². The highest BCUT2D eigenvalue weighted by molar-refractivity contribution is 8.04. The van der Waals surface area contributed by atoms with Crippen LogP contribution in [0.5, 0.6) is 0 Å². The van der Waals surface area contributed by atoms with Gasteiger partial charge in [0.05, 0.1) is 18.1 Å². The van der Waals surface area contributed by atoms with E-state index in [2.05, 4.69) is 10.6 Å². The monoisotopic (exact) mass is 320 g/mol. The zero-order chi connectivity index (χ0) is 15.9. The van der Waals surface area contributed by atoms with Crippen LogP contribution in [-0.4, -0.2) is 29.6 Å². The molecule has 1 aliphatic heterocycles. The molecule has 1 fully saturated rings. The molecule has 1 aromatic carbocycles. The van der Waals surface area contributed by atoms with Gasteiger partial charge in [0.2, 0.25) is 5.91 Å². The Morgan fingerprint density at radius 1 is 1.36 bits per heavy atom. The van der Waals surface area contributed by atoms with Crippen LogP contribution in [0.15, 0.2) is 41.4 Å². The predicted molar refractivity (Wildman–Crippen MR) is 83.9 cm³/mol. The third kappa shape index (κ3) is 4.63. The summed E-state index contributed by atoms with van der Waals surface area (Å²) in [4.78, 5) is 35.0. The van der Waals surface area contributed by atoms with Crippen molar-refractivity contribution in [2.45, 2.75) is 18.6 Å². The Morgan fingerprint density at radius 3 is 2.77 bits per heavy atom. The van der Waals surface area contributed by atoms with E-state index in [-0.39, 0.29) is 24.8 Å². The number of para-hydroxylation sites is 1. The van der Waals surface area contributed by atoms with E-state index in [0.717, 1.165) is 11.8 Å². The summed E-state index contributed by atoms with van der Waals surface area (Å²) in [6, 6.07) is 9.00. The summed E-state index contributed by atoms with van der Waals surface area (Å²) in [5.74, 6) is -1.06. The number of benzene rings is 1. The van der Waals surface area contributed by atoms with Gasteiger partial charge in [-0.1, -0.05) is 30.0 Å². The first-order valence-corrected chi connectivity index (χ1v) is 7.67. The van der Waals surface area contributed by atoms with Crippen molar-refractivity contribution in [3.8, 4) is 0 Å². The molecule has 0 radical (unpaired) electrons. The lowest BCUT2D eigenvalue weighted by Crippen LogP contribution is -2.25. The van der Waals surface area contributed by atoms with Crippen LogP contribution in [0.3, 0.4) is 0 Å². The average Bonchev–Trinajstić information content (AvgIpc) is 2.79. The van der Waals surface area contributed by atoms with Crippen LogP contribution in [0, 0.1) is 0 Å². The second kappa shape index (κ2) is 7.65. The molecule has 0 bridgehead atoms. The lowest BCUT2D eigenvalue weighted by atomic mass is 10.3. The number of anilines is 1. The number of esters is 1. The lowest BCUT2D eigenvalue weighted by Gasteiger charge is -2.04. The Bertz CT molecular complexity index is 601. The molecular formula is C15H16N2O4S. The van der Waals surface area contributed by atoms with Crippen LogP contribution in [0.1, 0.15) is 13.3 Å². The lowest BCUT2D eigenvalue weighted by molar-refractivity contribution is -0.144. The van der Waals surface area contributed by atoms with E-state index in [1.54, 1.807) is 19.1 Å². The number of thioether (sulfide) groups is 1. The normalized spacial score (nSPS) is 18.9. The van der Waals surface area contributed by atoms with Crippen LogP contribution in [0.25, 0.3) is 0 Å². The summed E-state index contributed by atoms with van der Waals surface area (Å²) >= 11 is 1.15. The van der Waals surface area contributed by atoms with E-state index >= 15 is 0 Å².